The van der Waals surface area contributed by atoms with E-state index in [0.29, 0.717) is 4.57 Å². The lowest BCUT2D eigenvalue weighted by Gasteiger charge is -2.29. The molecule has 1 aliphatic rings. The maximum Gasteiger partial charge on any atom is 0.285 e. The van der Waals surface area contributed by atoms with Gasteiger partial charge in [-0.25, -0.2) is 8.96 Å². The summed E-state index contributed by atoms with van der Waals surface area (Å²) in [7, 11) is 0. The van der Waals surface area contributed by atoms with Gasteiger partial charge in [-0.05, 0) is 6.07 Å². The van der Waals surface area contributed by atoms with Crippen molar-refractivity contribution < 1.29 is 24.2 Å². The fourth-order valence-corrected chi connectivity index (χ4v) is 2.69. The summed E-state index contributed by atoms with van der Waals surface area (Å²) < 4.78 is 15.6. The van der Waals surface area contributed by atoms with E-state index in [9.17, 15) is 19.8 Å². The Morgan fingerprint density at radius 1 is 1.32 bits per heavy atom. The number of carbonyl (C=O) groups excluding carboxylic acids is 2. The van der Waals surface area contributed by atoms with Crippen molar-refractivity contribution in [3.63, 3.8) is 0 Å². The van der Waals surface area contributed by atoms with Gasteiger partial charge in [0, 0.05) is 30.0 Å². The Labute approximate surface area is 123 Å². The average molecular weight is 305 g/mol. The van der Waals surface area contributed by atoms with Crippen LogP contribution < -0.4 is 5.32 Å². The first-order valence-electron chi connectivity index (χ1n) is 6.49. The molecule has 2 amide bonds. The van der Waals surface area contributed by atoms with Gasteiger partial charge in [0.1, 0.15) is 0 Å². The van der Waals surface area contributed by atoms with Crippen LogP contribution in [0.2, 0.25) is 0 Å². The molecule has 1 aliphatic heterocycles. The van der Waals surface area contributed by atoms with Crippen LogP contribution in [0.5, 0.6) is 11.8 Å². The van der Waals surface area contributed by atoms with E-state index in [0.717, 1.165) is 6.21 Å². The summed E-state index contributed by atoms with van der Waals surface area (Å²) in [5, 5.41) is 29.8. The van der Waals surface area contributed by atoms with Crippen molar-refractivity contribution in [3.05, 3.63) is 23.8 Å². The quantitative estimate of drug-likeness (QED) is 0.491. The van der Waals surface area contributed by atoms with Crippen LogP contribution in [0.4, 0.5) is 4.39 Å². The minimum atomic E-state index is -2.78. The van der Waals surface area contributed by atoms with Gasteiger partial charge in [-0.2, -0.15) is 0 Å². The third-order valence-electron chi connectivity index (χ3n) is 3.78. The van der Waals surface area contributed by atoms with Crippen LogP contribution in [-0.4, -0.2) is 32.8 Å². The predicted molar refractivity (Wildman–Crippen MR) is 74.6 cm³/mol. The number of nitrogens with zero attached hydrogens (tertiary/aromatic N) is 1. The second kappa shape index (κ2) is 4.55. The number of piperidine rings is 1. The number of rotatable bonds is 2. The monoisotopic (exact) mass is 305 g/mol. The smallest absolute Gasteiger partial charge is 0.285 e. The van der Waals surface area contributed by atoms with Gasteiger partial charge in [0.15, 0.2) is 0 Å². The Morgan fingerprint density at radius 3 is 2.68 bits per heavy atom. The van der Waals surface area contributed by atoms with Gasteiger partial charge < -0.3 is 15.6 Å². The Balaban J connectivity index is 2.30. The van der Waals surface area contributed by atoms with E-state index in [2.05, 4.69) is 0 Å². The topological polar surface area (TPSA) is 115 Å². The summed E-state index contributed by atoms with van der Waals surface area (Å²) >= 11 is 0. The zero-order chi connectivity index (χ0) is 16.1. The molecule has 3 rings (SSSR count). The van der Waals surface area contributed by atoms with Crippen LogP contribution in [0.25, 0.3) is 10.8 Å². The first-order chi connectivity index (χ1) is 10.4. The molecule has 1 saturated heterocycles. The van der Waals surface area contributed by atoms with E-state index in [1.54, 1.807) is 0 Å². The summed E-state index contributed by atoms with van der Waals surface area (Å²) in [6.07, 6.45) is 0.188. The number of hydrogen-bond donors (Lipinski definition) is 4. The van der Waals surface area contributed by atoms with E-state index in [1.807, 2.05) is 5.32 Å². The number of hydrogen-bond acceptors (Lipinski definition) is 5. The average Bonchev–Trinajstić information content (AvgIpc) is 2.76. The number of halogens is 1. The van der Waals surface area contributed by atoms with Crippen molar-refractivity contribution >= 4 is 28.8 Å². The molecule has 1 aromatic heterocycles. The normalized spacial score (nSPS) is 21.9. The summed E-state index contributed by atoms with van der Waals surface area (Å²) in [4.78, 5) is 23.0. The van der Waals surface area contributed by atoms with Gasteiger partial charge in [-0.1, -0.05) is 12.1 Å². The number of carbonyl (C=O) groups is 2. The Bertz CT molecular complexity index is 829. The summed E-state index contributed by atoms with van der Waals surface area (Å²) in [5.74, 6) is -5.94. The largest absolute Gasteiger partial charge is 0.494 e. The number of fused-ring (bicyclic) bond motifs is 1. The van der Waals surface area contributed by atoms with Crippen LogP contribution in [-0.2, 0) is 15.4 Å². The van der Waals surface area contributed by atoms with Gasteiger partial charge in [-0.3, -0.25) is 14.9 Å². The third kappa shape index (κ3) is 1.70. The Morgan fingerprint density at radius 2 is 2.05 bits per heavy atom. The van der Waals surface area contributed by atoms with Crippen molar-refractivity contribution in [2.24, 2.45) is 0 Å². The highest BCUT2D eigenvalue weighted by molar-refractivity contribution is 6.06. The van der Waals surface area contributed by atoms with Gasteiger partial charge in [0.25, 0.3) is 11.7 Å². The highest BCUT2D eigenvalue weighted by atomic mass is 19.1. The number of aromatic nitrogens is 1. The molecule has 2 heterocycles. The van der Waals surface area contributed by atoms with Crippen molar-refractivity contribution in [3.8, 4) is 11.8 Å². The molecule has 0 aliphatic carbocycles. The summed E-state index contributed by atoms with van der Waals surface area (Å²) in [5.41, 5.74) is 0.264. The lowest BCUT2D eigenvalue weighted by atomic mass is 10.0. The number of imide groups is 1. The molecular weight excluding hydrogens is 293 g/mol. The molecule has 2 aromatic rings. The van der Waals surface area contributed by atoms with Crippen LogP contribution in [0.3, 0.4) is 0 Å². The van der Waals surface area contributed by atoms with E-state index in [-0.39, 0.29) is 22.8 Å². The van der Waals surface area contributed by atoms with E-state index >= 15 is 4.39 Å². The molecule has 0 bridgehead atoms. The number of amides is 2. The van der Waals surface area contributed by atoms with Gasteiger partial charge in [0.2, 0.25) is 17.7 Å². The SMILES string of the molecule is N=Cc1cccc2c(O)n(C3(F)CCC(=O)NC3=O)c(O)c12. The van der Waals surface area contributed by atoms with Crippen molar-refractivity contribution in [1.82, 2.24) is 9.88 Å². The minimum absolute atomic E-state index is 0.0664. The lowest BCUT2D eigenvalue weighted by molar-refractivity contribution is -0.150. The van der Waals surface area contributed by atoms with Gasteiger partial charge in [0.05, 0.1) is 5.39 Å². The molecule has 8 heteroatoms. The molecule has 1 aromatic carbocycles. The summed E-state index contributed by atoms with van der Waals surface area (Å²) in [6.45, 7) is 0. The number of nitrogens with one attached hydrogen (secondary N) is 2. The second-order valence-corrected chi connectivity index (χ2v) is 5.03. The zero-order valence-electron chi connectivity index (χ0n) is 11.3. The molecule has 0 saturated carbocycles. The van der Waals surface area contributed by atoms with Gasteiger partial charge >= 0.3 is 0 Å². The van der Waals surface area contributed by atoms with Crippen molar-refractivity contribution in [2.75, 3.05) is 0 Å². The Hall–Kier alpha value is -2.90. The number of alkyl halides is 1. The third-order valence-corrected chi connectivity index (χ3v) is 3.78. The zero-order valence-corrected chi connectivity index (χ0v) is 11.3. The van der Waals surface area contributed by atoms with Crippen LogP contribution >= 0.6 is 0 Å². The Kier molecular flexibility index (Phi) is 2.91. The van der Waals surface area contributed by atoms with Crippen molar-refractivity contribution in [2.45, 2.75) is 18.6 Å². The first-order valence-corrected chi connectivity index (χ1v) is 6.49. The predicted octanol–water partition coefficient (Wildman–Crippen LogP) is 1.11. The molecular formula is C14H12FN3O4. The minimum Gasteiger partial charge on any atom is -0.494 e. The molecule has 1 atom stereocenters. The maximum atomic E-state index is 15.1. The fourth-order valence-electron chi connectivity index (χ4n) is 2.69. The lowest BCUT2D eigenvalue weighted by Crippen LogP contribution is -2.52. The molecule has 0 spiro atoms. The number of benzene rings is 1. The second-order valence-electron chi connectivity index (χ2n) is 5.03. The molecule has 22 heavy (non-hydrogen) atoms. The van der Waals surface area contributed by atoms with E-state index < -0.39 is 35.8 Å². The van der Waals surface area contributed by atoms with Crippen molar-refractivity contribution in [1.29, 1.82) is 5.41 Å². The standard InChI is InChI=1S/C14H12FN3O4/c15-14(5-4-9(19)17-13(14)22)18-11(20)8-3-1-2-7(6-16)10(8)12(18)21/h1-3,6,16,20-21H,4-5H2,(H,17,19,22). The van der Waals surface area contributed by atoms with Gasteiger partial charge in [-0.15, -0.1) is 0 Å². The van der Waals surface area contributed by atoms with Crippen LogP contribution in [0.1, 0.15) is 18.4 Å². The van der Waals surface area contributed by atoms with Crippen LogP contribution in [0, 0.1) is 5.41 Å². The molecule has 7 nitrogen and oxygen atoms in total. The molecule has 1 unspecified atom stereocenters. The van der Waals surface area contributed by atoms with E-state index in [1.165, 1.54) is 18.2 Å². The summed E-state index contributed by atoms with van der Waals surface area (Å²) in [6, 6.07) is 4.47. The number of aromatic hydroxyl groups is 2. The first kappa shape index (κ1) is 14.1. The molecule has 0 radical (unpaired) electrons. The maximum absolute atomic E-state index is 15.1. The molecule has 114 valence electrons. The highest BCUT2D eigenvalue weighted by Crippen LogP contribution is 2.44. The molecule has 4 N–H and O–H groups in total. The fraction of sp³-hybridized carbons (Fsp3) is 0.214. The highest BCUT2D eigenvalue weighted by Gasteiger charge is 2.48. The van der Waals surface area contributed by atoms with Crippen LogP contribution in [0.15, 0.2) is 18.2 Å². The molecule has 1 fully saturated rings. The van der Waals surface area contributed by atoms with E-state index in [4.69, 9.17) is 5.41 Å².